The van der Waals surface area contributed by atoms with Gasteiger partial charge in [-0.1, -0.05) is 41.1 Å². The SMILES string of the molecule is CCOC(=O)C1=C(C)N=c2s/c(=C\c3cc(Cl)c(OC(C)C)c(OCC)c3)c(=O)n2[C@H]1c1ccccc1OC(C)C. The molecule has 0 radical (unpaired) electrons. The van der Waals surface area contributed by atoms with E-state index in [0.717, 1.165) is 0 Å². The molecule has 10 heteroatoms. The van der Waals surface area contributed by atoms with Gasteiger partial charge in [-0.05, 0) is 78.3 Å². The Morgan fingerprint density at radius 3 is 2.44 bits per heavy atom. The van der Waals surface area contributed by atoms with Gasteiger partial charge < -0.3 is 18.9 Å². The van der Waals surface area contributed by atoms with E-state index in [9.17, 15) is 9.59 Å². The van der Waals surface area contributed by atoms with E-state index in [2.05, 4.69) is 4.99 Å². The molecule has 0 amide bonds. The van der Waals surface area contributed by atoms with Gasteiger partial charge in [-0.15, -0.1) is 0 Å². The topological polar surface area (TPSA) is 88.4 Å². The highest BCUT2D eigenvalue weighted by molar-refractivity contribution is 7.07. The monoisotopic (exact) mass is 598 g/mol. The first-order valence-corrected chi connectivity index (χ1v) is 14.8. The van der Waals surface area contributed by atoms with Gasteiger partial charge in [0, 0.05) is 5.56 Å². The Morgan fingerprint density at radius 1 is 1.07 bits per heavy atom. The van der Waals surface area contributed by atoms with Crippen LogP contribution in [0.1, 0.15) is 65.6 Å². The number of nitrogens with zero attached hydrogens (tertiary/aromatic N) is 2. The lowest BCUT2D eigenvalue weighted by Crippen LogP contribution is -2.40. The molecule has 1 atom stereocenters. The molecular formula is C31H35ClN2O6S. The van der Waals surface area contributed by atoms with Crippen LogP contribution in [0, 0.1) is 0 Å². The molecule has 0 aliphatic carbocycles. The molecule has 2 aromatic carbocycles. The summed E-state index contributed by atoms with van der Waals surface area (Å²) in [6.07, 6.45) is 1.53. The van der Waals surface area contributed by atoms with Crippen molar-refractivity contribution in [1.82, 2.24) is 4.57 Å². The first-order valence-electron chi connectivity index (χ1n) is 13.6. The van der Waals surface area contributed by atoms with Crippen molar-refractivity contribution < 1.29 is 23.7 Å². The van der Waals surface area contributed by atoms with Gasteiger partial charge in [0.05, 0.1) is 46.2 Å². The van der Waals surface area contributed by atoms with Gasteiger partial charge in [-0.25, -0.2) is 9.79 Å². The maximum atomic E-state index is 14.1. The molecule has 0 saturated carbocycles. The summed E-state index contributed by atoms with van der Waals surface area (Å²) >= 11 is 7.82. The summed E-state index contributed by atoms with van der Waals surface area (Å²) in [5.41, 5.74) is 1.81. The maximum absolute atomic E-state index is 14.1. The van der Waals surface area contributed by atoms with Crippen LogP contribution in [0.5, 0.6) is 17.2 Å². The third-order valence-electron chi connectivity index (χ3n) is 6.08. The predicted molar refractivity (Wildman–Crippen MR) is 161 cm³/mol. The van der Waals surface area contributed by atoms with Crippen molar-refractivity contribution in [2.24, 2.45) is 4.99 Å². The van der Waals surface area contributed by atoms with Crippen LogP contribution in [0.25, 0.3) is 6.08 Å². The smallest absolute Gasteiger partial charge is 0.338 e. The van der Waals surface area contributed by atoms with Gasteiger partial charge in [0.1, 0.15) is 11.8 Å². The van der Waals surface area contributed by atoms with Crippen LogP contribution in [-0.2, 0) is 9.53 Å². The van der Waals surface area contributed by atoms with Crippen LogP contribution in [0.4, 0.5) is 0 Å². The number of fused-ring (bicyclic) bond motifs is 1. The molecule has 1 aliphatic rings. The van der Waals surface area contributed by atoms with Crippen LogP contribution in [0.15, 0.2) is 57.5 Å². The van der Waals surface area contributed by atoms with Crippen LogP contribution in [0.3, 0.4) is 0 Å². The molecular weight excluding hydrogens is 564 g/mol. The first-order chi connectivity index (χ1) is 19.5. The lowest BCUT2D eigenvalue weighted by Gasteiger charge is -2.26. The molecule has 218 valence electrons. The van der Waals surface area contributed by atoms with Gasteiger partial charge in [0.2, 0.25) is 0 Å². The normalized spacial score (nSPS) is 15.2. The number of aromatic nitrogens is 1. The summed E-state index contributed by atoms with van der Waals surface area (Å²) in [4.78, 5) is 32.4. The van der Waals surface area contributed by atoms with Crippen LogP contribution in [0.2, 0.25) is 5.02 Å². The predicted octanol–water partition coefficient (Wildman–Crippen LogP) is 5.42. The number of halogens is 1. The number of benzene rings is 2. The summed E-state index contributed by atoms with van der Waals surface area (Å²) in [6, 6.07) is 10.2. The average Bonchev–Trinajstić information content (AvgIpc) is 3.19. The molecule has 8 nitrogen and oxygen atoms in total. The fourth-order valence-corrected chi connectivity index (χ4v) is 5.90. The van der Waals surface area contributed by atoms with Crippen molar-refractivity contribution in [3.05, 3.63) is 83.5 Å². The third-order valence-corrected chi connectivity index (χ3v) is 7.34. The molecule has 41 heavy (non-hydrogen) atoms. The largest absolute Gasteiger partial charge is 0.491 e. The van der Waals surface area contributed by atoms with Crippen molar-refractivity contribution in [2.75, 3.05) is 13.2 Å². The fourth-order valence-electron chi connectivity index (χ4n) is 4.59. The highest BCUT2D eigenvalue weighted by Crippen LogP contribution is 2.38. The number of thiazole rings is 1. The average molecular weight is 599 g/mol. The van der Waals surface area contributed by atoms with Gasteiger partial charge in [-0.3, -0.25) is 9.36 Å². The zero-order chi connectivity index (χ0) is 29.8. The number of ether oxygens (including phenoxy) is 4. The minimum atomic E-state index is -0.785. The van der Waals surface area contributed by atoms with Crippen molar-refractivity contribution in [2.45, 2.75) is 66.7 Å². The molecule has 3 aromatic rings. The molecule has 0 saturated heterocycles. The molecule has 0 bridgehead atoms. The number of allylic oxidation sites excluding steroid dienone is 1. The van der Waals surface area contributed by atoms with E-state index in [4.69, 9.17) is 30.5 Å². The van der Waals surface area contributed by atoms with Crippen LogP contribution >= 0.6 is 22.9 Å². The van der Waals surface area contributed by atoms with Gasteiger partial charge in [0.25, 0.3) is 5.56 Å². The number of hydrogen-bond acceptors (Lipinski definition) is 8. The molecule has 0 N–H and O–H groups in total. The Bertz CT molecular complexity index is 1650. The lowest BCUT2D eigenvalue weighted by molar-refractivity contribution is -0.139. The Hall–Kier alpha value is -3.56. The number of rotatable bonds is 10. The van der Waals surface area contributed by atoms with Crippen LogP contribution < -0.4 is 29.1 Å². The summed E-state index contributed by atoms with van der Waals surface area (Å²) in [7, 11) is 0. The molecule has 1 aliphatic heterocycles. The second-order valence-electron chi connectivity index (χ2n) is 9.94. The lowest BCUT2D eigenvalue weighted by atomic mass is 9.95. The van der Waals surface area contributed by atoms with Gasteiger partial charge >= 0.3 is 5.97 Å². The molecule has 0 fully saturated rings. The van der Waals surface area contributed by atoms with Crippen LogP contribution in [-0.4, -0.2) is 36.0 Å². The van der Waals surface area contributed by atoms with E-state index in [1.54, 1.807) is 36.6 Å². The first kappa shape index (κ1) is 30.4. The summed E-state index contributed by atoms with van der Waals surface area (Å²) in [5.74, 6) is 0.998. The third kappa shape index (κ3) is 6.52. The van der Waals surface area contributed by atoms with Gasteiger partial charge in [0.15, 0.2) is 16.3 Å². The Balaban J connectivity index is 1.94. The number of carbonyl (C=O) groups excluding carboxylic acids is 1. The van der Waals surface area contributed by atoms with E-state index < -0.39 is 12.0 Å². The van der Waals surface area contributed by atoms with E-state index in [1.807, 2.05) is 58.9 Å². The molecule has 2 heterocycles. The van der Waals surface area contributed by atoms with Crippen molar-refractivity contribution in [1.29, 1.82) is 0 Å². The highest BCUT2D eigenvalue weighted by atomic mass is 35.5. The van der Waals surface area contributed by atoms with E-state index >= 15 is 0 Å². The second kappa shape index (κ2) is 13.0. The van der Waals surface area contributed by atoms with Crippen molar-refractivity contribution >= 4 is 35.0 Å². The number of esters is 1. The molecule has 0 unspecified atom stereocenters. The molecule has 4 rings (SSSR count). The second-order valence-corrected chi connectivity index (χ2v) is 11.4. The van der Waals surface area contributed by atoms with Crippen molar-refractivity contribution in [3.8, 4) is 17.2 Å². The number of para-hydroxylation sites is 1. The number of hydrogen-bond donors (Lipinski definition) is 0. The summed E-state index contributed by atoms with van der Waals surface area (Å²) < 4.78 is 25.2. The minimum Gasteiger partial charge on any atom is -0.491 e. The number of carbonyl (C=O) groups is 1. The highest BCUT2D eigenvalue weighted by Gasteiger charge is 2.35. The van der Waals surface area contributed by atoms with E-state index in [0.29, 0.717) is 60.6 Å². The standard InChI is InChI=1S/C31H35ClN2O6S/c1-8-37-24-15-20(14-22(32)28(24)40-18(5)6)16-25-29(35)34-27(21-12-10-11-13-23(21)39-17(3)4)26(30(36)38-9-2)19(7)33-31(34)41-25/h10-18,27H,8-9H2,1-7H3/b25-16-/t27-/m0/s1. The summed E-state index contributed by atoms with van der Waals surface area (Å²) in [5, 5.41) is 0.377. The Kier molecular flexibility index (Phi) is 9.60. The Labute approximate surface area is 248 Å². The zero-order valence-electron chi connectivity index (χ0n) is 24.3. The fraction of sp³-hybridized carbons (Fsp3) is 0.387. The van der Waals surface area contributed by atoms with E-state index in [1.165, 1.54) is 11.3 Å². The zero-order valence-corrected chi connectivity index (χ0v) is 25.9. The van der Waals surface area contributed by atoms with Crippen molar-refractivity contribution in [3.63, 3.8) is 0 Å². The maximum Gasteiger partial charge on any atom is 0.338 e. The van der Waals surface area contributed by atoms with E-state index in [-0.39, 0.29) is 24.4 Å². The molecule has 1 aromatic heterocycles. The summed E-state index contributed by atoms with van der Waals surface area (Å²) in [6.45, 7) is 13.7. The minimum absolute atomic E-state index is 0.0966. The van der Waals surface area contributed by atoms with Gasteiger partial charge in [-0.2, -0.15) is 0 Å². The molecule has 0 spiro atoms. The quantitative estimate of drug-likeness (QED) is 0.289. The Morgan fingerprint density at radius 2 is 1.78 bits per heavy atom.